The first-order valence-electron chi connectivity index (χ1n) is 6.97. The highest BCUT2D eigenvalue weighted by atomic mass is 16.5. The van der Waals surface area contributed by atoms with Gasteiger partial charge in [0.1, 0.15) is 18.0 Å². The van der Waals surface area contributed by atoms with Gasteiger partial charge >= 0.3 is 0 Å². The maximum atomic E-state index is 5.42. The zero-order chi connectivity index (χ0) is 13.8. The quantitative estimate of drug-likeness (QED) is 0.856. The predicted octanol–water partition coefficient (Wildman–Crippen LogP) is 2.62. The molecule has 1 fully saturated rings. The van der Waals surface area contributed by atoms with E-state index in [0.29, 0.717) is 18.1 Å². The smallest absolute Gasteiger partial charge is 0.135 e. The lowest BCUT2D eigenvalue weighted by molar-refractivity contribution is 0.108. The normalized spacial score (nSPS) is 22.8. The first-order valence-corrected chi connectivity index (χ1v) is 6.97. The Bertz CT molecular complexity index is 422. The monoisotopic (exact) mass is 264 g/mol. The van der Waals surface area contributed by atoms with Gasteiger partial charge in [-0.1, -0.05) is 13.8 Å². The molecule has 2 atom stereocenters. The Kier molecular flexibility index (Phi) is 4.58. The van der Waals surface area contributed by atoms with Crippen LogP contribution in [0.3, 0.4) is 0 Å². The zero-order valence-corrected chi connectivity index (χ0v) is 12.2. The maximum absolute atomic E-state index is 5.42. The van der Waals surface area contributed by atoms with E-state index in [-0.39, 0.29) is 0 Å². The van der Waals surface area contributed by atoms with E-state index < -0.39 is 0 Å². The Labute approximate surface area is 115 Å². The molecule has 19 heavy (non-hydrogen) atoms. The van der Waals surface area contributed by atoms with Gasteiger partial charge in [0, 0.05) is 25.8 Å². The Balaban J connectivity index is 2.16. The third kappa shape index (κ3) is 3.15. The molecule has 0 spiro atoms. The minimum atomic E-state index is 0.380. The molecule has 2 unspecified atom stereocenters. The number of hydrogen-bond donors (Lipinski definition) is 2. The number of rotatable bonds is 5. The third-order valence-corrected chi connectivity index (χ3v) is 3.76. The van der Waals surface area contributed by atoms with E-state index in [1.165, 1.54) is 0 Å². The van der Waals surface area contributed by atoms with Gasteiger partial charge in [0.15, 0.2) is 0 Å². The summed E-state index contributed by atoms with van der Waals surface area (Å²) in [5.74, 6) is 2.25. The molecule has 1 aromatic heterocycles. The molecule has 1 aliphatic rings. The van der Waals surface area contributed by atoms with Crippen molar-refractivity contribution in [3.05, 3.63) is 11.9 Å². The van der Waals surface area contributed by atoms with Crippen LogP contribution in [0.5, 0.6) is 0 Å². The van der Waals surface area contributed by atoms with Crippen LogP contribution >= 0.6 is 0 Å². The summed E-state index contributed by atoms with van der Waals surface area (Å²) >= 11 is 0. The summed E-state index contributed by atoms with van der Waals surface area (Å²) < 4.78 is 5.42. The van der Waals surface area contributed by atoms with E-state index in [0.717, 1.165) is 36.5 Å². The Morgan fingerprint density at radius 3 is 2.58 bits per heavy atom. The van der Waals surface area contributed by atoms with Gasteiger partial charge in [-0.3, -0.25) is 0 Å². The van der Waals surface area contributed by atoms with Crippen LogP contribution in [0, 0.1) is 0 Å². The standard InChI is InChI=1S/C14H24N4O/c1-9(2)12-13(15-3)16-8-17-14(12)18-10-5-6-11(7-10)19-4/h8-11H,5-7H2,1-4H3,(H2,15,16,17,18). The second-order valence-corrected chi connectivity index (χ2v) is 5.40. The summed E-state index contributed by atoms with van der Waals surface area (Å²) in [7, 11) is 3.69. The van der Waals surface area contributed by atoms with Crippen molar-refractivity contribution < 1.29 is 4.74 Å². The van der Waals surface area contributed by atoms with Gasteiger partial charge in [-0.05, 0) is 25.2 Å². The van der Waals surface area contributed by atoms with Gasteiger partial charge in [-0.15, -0.1) is 0 Å². The highest BCUT2D eigenvalue weighted by Crippen LogP contribution is 2.31. The average molecular weight is 264 g/mol. The summed E-state index contributed by atoms with van der Waals surface area (Å²) in [6, 6.07) is 0.446. The fourth-order valence-corrected chi connectivity index (χ4v) is 2.74. The number of anilines is 2. The molecule has 0 bridgehead atoms. The first-order chi connectivity index (χ1) is 9.15. The highest BCUT2D eigenvalue weighted by Gasteiger charge is 2.26. The van der Waals surface area contributed by atoms with Gasteiger partial charge in [0.25, 0.3) is 0 Å². The lowest BCUT2D eigenvalue weighted by Gasteiger charge is -2.20. The van der Waals surface area contributed by atoms with E-state index in [4.69, 9.17) is 4.74 Å². The Hall–Kier alpha value is -1.36. The van der Waals surface area contributed by atoms with E-state index in [1.807, 2.05) is 7.05 Å². The van der Waals surface area contributed by atoms with Crippen molar-refractivity contribution in [2.45, 2.75) is 51.2 Å². The van der Waals surface area contributed by atoms with E-state index >= 15 is 0 Å². The van der Waals surface area contributed by atoms with Gasteiger partial charge in [0.05, 0.1) is 6.10 Å². The average Bonchev–Trinajstić information content (AvgIpc) is 2.85. The van der Waals surface area contributed by atoms with Crippen molar-refractivity contribution in [3.8, 4) is 0 Å². The van der Waals surface area contributed by atoms with Crippen LogP contribution in [0.4, 0.5) is 11.6 Å². The molecule has 5 heteroatoms. The molecule has 2 N–H and O–H groups in total. The van der Waals surface area contributed by atoms with Crippen molar-refractivity contribution in [2.24, 2.45) is 0 Å². The molecule has 0 radical (unpaired) electrons. The number of methoxy groups -OCH3 is 1. The Morgan fingerprint density at radius 2 is 2.00 bits per heavy atom. The fourth-order valence-electron chi connectivity index (χ4n) is 2.74. The third-order valence-electron chi connectivity index (χ3n) is 3.76. The second-order valence-electron chi connectivity index (χ2n) is 5.40. The molecule has 106 valence electrons. The van der Waals surface area contributed by atoms with Crippen molar-refractivity contribution in [3.63, 3.8) is 0 Å². The summed E-state index contributed by atoms with van der Waals surface area (Å²) in [5, 5.41) is 6.71. The number of nitrogens with zero attached hydrogens (tertiary/aromatic N) is 2. The lowest BCUT2D eigenvalue weighted by Crippen LogP contribution is -2.20. The zero-order valence-electron chi connectivity index (χ0n) is 12.2. The van der Waals surface area contributed by atoms with Crippen LogP contribution in [0.2, 0.25) is 0 Å². The molecule has 5 nitrogen and oxygen atoms in total. The first kappa shape index (κ1) is 14.1. The molecule has 2 rings (SSSR count). The van der Waals surface area contributed by atoms with E-state index in [1.54, 1.807) is 13.4 Å². The summed E-state index contributed by atoms with van der Waals surface area (Å²) in [6.45, 7) is 4.33. The number of ether oxygens (including phenoxy) is 1. The van der Waals surface area contributed by atoms with Crippen molar-refractivity contribution in [1.29, 1.82) is 0 Å². The summed E-state index contributed by atoms with van der Waals surface area (Å²) in [6.07, 6.45) is 5.30. The van der Waals surface area contributed by atoms with Crippen LogP contribution in [-0.2, 0) is 4.74 Å². The van der Waals surface area contributed by atoms with Crippen molar-refractivity contribution in [2.75, 3.05) is 24.8 Å². The predicted molar refractivity (Wildman–Crippen MR) is 77.7 cm³/mol. The molecule has 1 aromatic rings. The minimum absolute atomic E-state index is 0.380. The van der Waals surface area contributed by atoms with Crippen molar-refractivity contribution in [1.82, 2.24) is 9.97 Å². The minimum Gasteiger partial charge on any atom is -0.381 e. The second kappa shape index (κ2) is 6.19. The largest absolute Gasteiger partial charge is 0.381 e. The molecular formula is C14H24N4O. The SMILES string of the molecule is CNc1ncnc(NC2CCC(OC)C2)c1C(C)C. The Morgan fingerprint density at radius 1 is 1.26 bits per heavy atom. The van der Waals surface area contributed by atoms with Crippen LogP contribution in [0.25, 0.3) is 0 Å². The lowest BCUT2D eigenvalue weighted by atomic mass is 10.0. The number of nitrogens with one attached hydrogen (secondary N) is 2. The molecule has 1 heterocycles. The molecule has 1 saturated carbocycles. The van der Waals surface area contributed by atoms with E-state index in [2.05, 4.69) is 34.4 Å². The number of aromatic nitrogens is 2. The molecule has 0 aliphatic heterocycles. The van der Waals surface area contributed by atoms with Gasteiger partial charge in [0.2, 0.25) is 0 Å². The topological polar surface area (TPSA) is 59.1 Å². The molecule has 1 aliphatic carbocycles. The number of hydrogen-bond acceptors (Lipinski definition) is 5. The van der Waals surface area contributed by atoms with Gasteiger partial charge in [-0.2, -0.15) is 0 Å². The molecule has 0 saturated heterocycles. The summed E-state index contributed by atoms with van der Waals surface area (Å²) in [5.41, 5.74) is 1.16. The van der Waals surface area contributed by atoms with Gasteiger partial charge < -0.3 is 15.4 Å². The maximum Gasteiger partial charge on any atom is 0.135 e. The fraction of sp³-hybridized carbons (Fsp3) is 0.714. The van der Waals surface area contributed by atoms with Crippen LogP contribution in [0.15, 0.2) is 6.33 Å². The van der Waals surface area contributed by atoms with Gasteiger partial charge in [-0.25, -0.2) is 9.97 Å². The molecular weight excluding hydrogens is 240 g/mol. The highest BCUT2D eigenvalue weighted by molar-refractivity contribution is 5.59. The van der Waals surface area contributed by atoms with Crippen LogP contribution in [0.1, 0.15) is 44.6 Å². The molecule has 0 amide bonds. The molecule has 0 aromatic carbocycles. The summed E-state index contributed by atoms with van der Waals surface area (Å²) in [4.78, 5) is 8.72. The van der Waals surface area contributed by atoms with Crippen molar-refractivity contribution >= 4 is 11.6 Å². The van der Waals surface area contributed by atoms with E-state index in [9.17, 15) is 0 Å². The van der Waals surface area contributed by atoms with Crippen LogP contribution < -0.4 is 10.6 Å². The van der Waals surface area contributed by atoms with Crippen LogP contribution in [-0.4, -0.2) is 36.3 Å².